The minimum absolute atomic E-state index is 0.00523. The van der Waals surface area contributed by atoms with E-state index in [1.165, 1.54) is 11.1 Å². The van der Waals surface area contributed by atoms with Crippen molar-refractivity contribution in [2.24, 2.45) is 0 Å². The van der Waals surface area contributed by atoms with E-state index in [1.807, 2.05) is 0 Å². The zero-order valence-corrected chi connectivity index (χ0v) is 10.5. The first-order chi connectivity index (χ1) is 7.59. The molecule has 0 atom stereocenters. The summed E-state index contributed by atoms with van der Waals surface area (Å²) in [6.45, 7) is 8.56. The van der Waals surface area contributed by atoms with Crippen molar-refractivity contribution in [3.63, 3.8) is 0 Å². The van der Waals surface area contributed by atoms with Crippen LogP contribution in [0.3, 0.4) is 0 Å². The van der Waals surface area contributed by atoms with E-state index in [-0.39, 0.29) is 5.60 Å². The van der Waals surface area contributed by atoms with Crippen LogP contribution in [0.15, 0.2) is 18.2 Å². The van der Waals surface area contributed by atoms with Crippen LogP contribution < -0.4 is 10.1 Å². The van der Waals surface area contributed by atoms with Crippen LogP contribution in [0.1, 0.15) is 30.9 Å². The van der Waals surface area contributed by atoms with Gasteiger partial charge in [-0.2, -0.15) is 0 Å². The smallest absolute Gasteiger partial charge is 0.123 e. The number of benzene rings is 1. The fraction of sp³-hybridized carbons (Fsp3) is 0.571. The van der Waals surface area contributed by atoms with Crippen LogP contribution in [-0.4, -0.2) is 18.7 Å². The van der Waals surface area contributed by atoms with Gasteiger partial charge in [0.25, 0.3) is 0 Å². The summed E-state index contributed by atoms with van der Waals surface area (Å²) in [5.74, 6) is 1.04. The summed E-state index contributed by atoms with van der Waals surface area (Å²) in [7, 11) is 0. The molecule has 1 N–H and O–H groups in total. The van der Waals surface area contributed by atoms with E-state index in [4.69, 9.17) is 4.74 Å². The standard InChI is InChI=1S/C14H21NO/c1-11-4-5-13(12(2)10-11)16-14(3)6-8-15-9-7-14/h4-5,10,15H,6-9H2,1-3H3. The van der Waals surface area contributed by atoms with Crippen LogP contribution in [0, 0.1) is 13.8 Å². The zero-order chi connectivity index (χ0) is 11.6. The lowest BCUT2D eigenvalue weighted by atomic mass is 9.94. The van der Waals surface area contributed by atoms with E-state index in [1.54, 1.807) is 0 Å². The second-order valence-electron chi connectivity index (χ2n) is 5.07. The Morgan fingerprint density at radius 1 is 1.19 bits per heavy atom. The Morgan fingerprint density at radius 3 is 2.50 bits per heavy atom. The van der Waals surface area contributed by atoms with Gasteiger partial charge in [-0.25, -0.2) is 0 Å². The maximum Gasteiger partial charge on any atom is 0.123 e. The maximum absolute atomic E-state index is 6.19. The summed E-state index contributed by atoms with van der Waals surface area (Å²) in [5, 5.41) is 3.37. The van der Waals surface area contributed by atoms with Crippen molar-refractivity contribution in [1.82, 2.24) is 5.32 Å². The third-order valence-electron chi connectivity index (χ3n) is 3.35. The average molecular weight is 219 g/mol. The number of hydrogen-bond acceptors (Lipinski definition) is 2. The molecular formula is C14H21NO. The Morgan fingerprint density at radius 2 is 1.88 bits per heavy atom. The van der Waals surface area contributed by atoms with Crippen molar-refractivity contribution in [2.45, 2.75) is 39.2 Å². The monoisotopic (exact) mass is 219 g/mol. The van der Waals surface area contributed by atoms with Crippen molar-refractivity contribution >= 4 is 0 Å². The van der Waals surface area contributed by atoms with Gasteiger partial charge in [0.05, 0.1) is 0 Å². The lowest BCUT2D eigenvalue weighted by molar-refractivity contribution is 0.0548. The van der Waals surface area contributed by atoms with Gasteiger partial charge in [0, 0.05) is 0 Å². The molecule has 0 saturated carbocycles. The van der Waals surface area contributed by atoms with Crippen LogP contribution in [-0.2, 0) is 0 Å². The number of aryl methyl sites for hydroxylation is 2. The molecule has 0 aromatic heterocycles. The van der Waals surface area contributed by atoms with Crippen molar-refractivity contribution in [1.29, 1.82) is 0 Å². The molecule has 2 nitrogen and oxygen atoms in total. The molecule has 1 heterocycles. The molecule has 88 valence electrons. The topological polar surface area (TPSA) is 21.3 Å². The van der Waals surface area contributed by atoms with Gasteiger partial charge in [-0.3, -0.25) is 0 Å². The third-order valence-corrected chi connectivity index (χ3v) is 3.35. The van der Waals surface area contributed by atoms with Crippen molar-refractivity contribution in [2.75, 3.05) is 13.1 Å². The summed E-state index contributed by atoms with van der Waals surface area (Å²) >= 11 is 0. The van der Waals surface area contributed by atoms with E-state index >= 15 is 0 Å². The summed E-state index contributed by atoms with van der Waals surface area (Å²) in [6.07, 6.45) is 2.17. The molecule has 0 spiro atoms. The van der Waals surface area contributed by atoms with Gasteiger partial charge in [0.15, 0.2) is 0 Å². The van der Waals surface area contributed by atoms with E-state index < -0.39 is 0 Å². The van der Waals surface area contributed by atoms with Gasteiger partial charge < -0.3 is 10.1 Å². The van der Waals surface area contributed by atoms with E-state index in [0.29, 0.717) is 0 Å². The van der Waals surface area contributed by atoms with E-state index in [9.17, 15) is 0 Å². The second kappa shape index (κ2) is 4.46. The fourth-order valence-corrected chi connectivity index (χ4v) is 2.24. The Balaban J connectivity index is 2.13. The predicted molar refractivity (Wildman–Crippen MR) is 67.1 cm³/mol. The highest BCUT2D eigenvalue weighted by Gasteiger charge is 2.28. The summed E-state index contributed by atoms with van der Waals surface area (Å²) < 4.78 is 6.19. The second-order valence-corrected chi connectivity index (χ2v) is 5.07. The average Bonchev–Trinajstić information content (AvgIpc) is 2.23. The predicted octanol–water partition coefficient (Wildman–Crippen LogP) is 2.82. The largest absolute Gasteiger partial charge is 0.487 e. The minimum Gasteiger partial charge on any atom is -0.487 e. The molecule has 1 aliphatic heterocycles. The number of hydrogen-bond donors (Lipinski definition) is 1. The molecule has 2 heteroatoms. The number of rotatable bonds is 2. The molecule has 1 aromatic rings. The van der Waals surface area contributed by atoms with E-state index in [0.717, 1.165) is 31.7 Å². The van der Waals surface area contributed by atoms with Crippen LogP contribution in [0.25, 0.3) is 0 Å². The van der Waals surface area contributed by atoms with Crippen LogP contribution in [0.2, 0.25) is 0 Å². The van der Waals surface area contributed by atoms with Gasteiger partial charge in [-0.05, 0) is 58.3 Å². The Kier molecular flexibility index (Phi) is 3.20. The lowest BCUT2D eigenvalue weighted by Gasteiger charge is -2.35. The first-order valence-corrected chi connectivity index (χ1v) is 6.06. The molecule has 0 radical (unpaired) electrons. The molecule has 16 heavy (non-hydrogen) atoms. The van der Waals surface area contributed by atoms with Crippen LogP contribution in [0.4, 0.5) is 0 Å². The van der Waals surface area contributed by atoms with Crippen molar-refractivity contribution < 1.29 is 4.74 Å². The van der Waals surface area contributed by atoms with Gasteiger partial charge in [0.1, 0.15) is 11.4 Å². The lowest BCUT2D eigenvalue weighted by Crippen LogP contribution is -2.43. The summed E-state index contributed by atoms with van der Waals surface area (Å²) in [4.78, 5) is 0. The molecule has 1 saturated heterocycles. The van der Waals surface area contributed by atoms with Gasteiger partial charge in [-0.15, -0.1) is 0 Å². The Bertz CT molecular complexity index is 367. The number of nitrogens with one attached hydrogen (secondary N) is 1. The highest BCUT2D eigenvalue weighted by molar-refractivity contribution is 5.36. The highest BCUT2D eigenvalue weighted by atomic mass is 16.5. The molecule has 1 fully saturated rings. The molecule has 0 unspecified atom stereocenters. The molecule has 1 aromatic carbocycles. The highest BCUT2D eigenvalue weighted by Crippen LogP contribution is 2.28. The summed E-state index contributed by atoms with van der Waals surface area (Å²) in [6, 6.07) is 6.39. The normalized spacial score (nSPS) is 19.4. The SMILES string of the molecule is Cc1ccc(OC2(C)CCNCC2)c(C)c1. The van der Waals surface area contributed by atoms with Gasteiger partial charge in [0.2, 0.25) is 0 Å². The summed E-state index contributed by atoms with van der Waals surface area (Å²) in [5.41, 5.74) is 2.53. The molecule has 2 rings (SSSR count). The van der Waals surface area contributed by atoms with Crippen molar-refractivity contribution in [3.8, 4) is 5.75 Å². The Labute approximate surface area is 98.0 Å². The third kappa shape index (κ3) is 2.56. The fourth-order valence-electron chi connectivity index (χ4n) is 2.24. The zero-order valence-electron chi connectivity index (χ0n) is 10.5. The molecule has 0 bridgehead atoms. The number of ether oxygens (including phenoxy) is 1. The van der Waals surface area contributed by atoms with Crippen molar-refractivity contribution in [3.05, 3.63) is 29.3 Å². The minimum atomic E-state index is 0.00523. The molecule has 0 aliphatic carbocycles. The molecular weight excluding hydrogens is 198 g/mol. The van der Waals surface area contributed by atoms with Crippen LogP contribution >= 0.6 is 0 Å². The maximum atomic E-state index is 6.19. The Hall–Kier alpha value is -1.02. The van der Waals surface area contributed by atoms with Gasteiger partial charge in [-0.1, -0.05) is 17.7 Å². The molecule has 0 amide bonds. The number of piperidine rings is 1. The quantitative estimate of drug-likeness (QED) is 0.826. The first-order valence-electron chi connectivity index (χ1n) is 6.06. The van der Waals surface area contributed by atoms with E-state index in [2.05, 4.69) is 44.3 Å². The van der Waals surface area contributed by atoms with Crippen LogP contribution in [0.5, 0.6) is 5.75 Å². The van der Waals surface area contributed by atoms with Gasteiger partial charge >= 0.3 is 0 Å². The molecule has 1 aliphatic rings. The first kappa shape index (κ1) is 11.5.